The SMILES string of the molecule is C.CN[C@H](CC(C)C)C(=O)NC1C(=O)C[C@@H](CC(N)=O)C(=O)N[C@H]2C(=O)C[C@H]3C(=O)N[C@H](C(=O)N[C@@H](C(=O)O)c4cc(O)cc(O)c4-c4cc3ccc4O)[C@H](OC3C[C@](C)(N)[C@@H](O)[C@H](C)O3)c3ccc(c(Cl)c3)Oc3cc2cc(c3O[C@@H]2O[C@H](CO)[C@@H](O[C@@H]3O[C@H](CCCc4cccc(OC(F)(F)F)c4)[C@H](O)[C@H](O)[C@H]3O)[C@H](O)[C@H]2O)Oc2ccc(cc2Cl)[C@H]1O. The van der Waals surface area contributed by atoms with Crippen LogP contribution in [0.25, 0.3) is 11.1 Å². The van der Waals surface area contributed by atoms with Gasteiger partial charge in [-0.05, 0) is 147 Å². The fourth-order valence-electron chi connectivity index (χ4n) is 16.0. The highest BCUT2D eigenvalue weighted by molar-refractivity contribution is 6.32. The topological polar surface area (TPSA) is 575 Å². The van der Waals surface area contributed by atoms with Gasteiger partial charge in [-0.1, -0.05) is 74.8 Å². The van der Waals surface area contributed by atoms with Gasteiger partial charge in [0.1, 0.15) is 108 Å². The molecule has 0 aromatic heterocycles. The molecule has 125 heavy (non-hydrogen) atoms. The van der Waals surface area contributed by atoms with Crippen molar-refractivity contribution in [3.8, 4) is 62.9 Å². The number of alkyl halides is 3. The number of primary amides is 1. The number of fused-ring (bicyclic) bond motifs is 15. The minimum Gasteiger partial charge on any atom is -0.508 e. The van der Waals surface area contributed by atoms with Gasteiger partial charge in [-0.15, -0.1) is 13.2 Å². The number of ether oxygens (including phenoxy) is 9. The van der Waals surface area contributed by atoms with Crippen molar-refractivity contribution in [2.75, 3.05) is 13.7 Å². The Balaban J connectivity index is 0.0000152. The molecule has 8 heterocycles. The van der Waals surface area contributed by atoms with Crippen LogP contribution in [0.1, 0.15) is 144 Å². The van der Waals surface area contributed by atoms with E-state index in [2.05, 4.69) is 31.3 Å². The zero-order valence-corrected chi connectivity index (χ0v) is 68.3. The Morgan fingerprint density at radius 1 is 0.704 bits per heavy atom. The van der Waals surface area contributed by atoms with Gasteiger partial charge < -0.3 is 142 Å². The molecule has 8 aliphatic heterocycles. The second-order valence-electron chi connectivity index (χ2n) is 32.0. The van der Waals surface area contributed by atoms with Gasteiger partial charge in [0.05, 0.1) is 52.8 Å². The fourth-order valence-corrected chi connectivity index (χ4v) is 16.4. The number of amides is 5. The van der Waals surface area contributed by atoms with E-state index in [0.717, 1.165) is 78.9 Å². The number of Topliss-reactive ketones (excluding diaryl/α,β-unsaturated/α-hetero) is 2. The summed E-state index contributed by atoms with van der Waals surface area (Å²) in [5, 5.41) is 151. The van der Waals surface area contributed by atoms with E-state index >= 15 is 24.0 Å². The Bertz CT molecular complexity index is 5010. The summed E-state index contributed by atoms with van der Waals surface area (Å²) in [5.74, 6) is -20.3. The number of halogens is 5. The maximum absolute atomic E-state index is 16.5. The van der Waals surface area contributed by atoms with E-state index in [0.29, 0.717) is 5.56 Å². The number of phenolic OH excluding ortho intramolecular Hbond substituents is 3. The standard InChI is InChI=1S/C83H94Cl2F3N7O29.CH4/c1-32(2)18-47(91-5)77(112)94-63-50(100)23-39(26-58(89)102)75(110)92-61-38-24-55(117-52-16-13-36(65(63)103)21-45(52)84)72(122-81-70(108)68(106)73(57(31-96)120-81)123-80-69(107)67(105)66(104)54(119-80)11-7-9-34-8-6-10-41(19-34)124-83(86,87)88)56(25-38)118-53-17-14-37(22-46(53)85)71(121-59-30-82(4,90)74(109)33(3)116-59)64-78(113)93-62(79(114)115)44-27-40(97)28-49(99)60(44)43-20-35(12-15-48(43)98)42(29-51(61)101)76(111)95-64;/h6,8,10,12-17,19-22,24-25,27-28,32-33,39,42,47,54,57,59,61-71,73-74,80-81,91,96-99,103-109H,7,9,11,18,23,26,29-31,90H2,1-5H3,(H2,89,102)(H,92,110)(H,93,113)(H,94,112)(H,95,111)(H,114,115);1H4/t33-,39-,42+,47+,54+,57+,59?,61+,62+,63?,64-,65+,66-,67-,68+,69+,70+,71+,73+,74-,80-,81-,82-;/m0./s1. The summed E-state index contributed by atoms with van der Waals surface area (Å²) in [6.07, 6.45) is -36.8. The molecule has 0 spiro atoms. The number of carboxylic acid groups (broad SMARTS) is 1. The van der Waals surface area contributed by atoms with Crippen molar-refractivity contribution in [1.82, 2.24) is 26.6 Å². The van der Waals surface area contributed by atoms with Crippen molar-refractivity contribution in [1.29, 1.82) is 0 Å². The number of phenols is 3. The van der Waals surface area contributed by atoms with Gasteiger partial charge in [-0.25, -0.2) is 4.79 Å². The van der Waals surface area contributed by atoms with Gasteiger partial charge in [-0.2, -0.15) is 0 Å². The maximum atomic E-state index is 16.5. The summed E-state index contributed by atoms with van der Waals surface area (Å²) in [6.45, 7) is 5.37. The molecular formula is C84H98Cl2F3N7O29. The first-order valence-corrected chi connectivity index (χ1v) is 40.2. The lowest BCUT2D eigenvalue weighted by molar-refractivity contribution is -0.351. The van der Waals surface area contributed by atoms with Gasteiger partial charge in [0.15, 0.2) is 41.7 Å². The largest absolute Gasteiger partial charge is 0.573 e. The van der Waals surface area contributed by atoms with Gasteiger partial charge in [-0.3, -0.25) is 33.6 Å². The highest BCUT2D eigenvalue weighted by atomic mass is 35.5. The average molecular weight is 1800 g/mol. The lowest BCUT2D eigenvalue weighted by Crippen LogP contribution is -2.64. The van der Waals surface area contributed by atoms with E-state index in [-0.39, 0.29) is 62.1 Å². The van der Waals surface area contributed by atoms with Crippen LogP contribution in [0.5, 0.6) is 51.7 Å². The van der Waals surface area contributed by atoms with Crippen LogP contribution in [0, 0.1) is 11.8 Å². The monoisotopic (exact) mass is 1800 g/mol. The highest BCUT2D eigenvalue weighted by Gasteiger charge is 2.53. The lowest BCUT2D eigenvalue weighted by Gasteiger charge is -2.46. The summed E-state index contributed by atoms with van der Waals surface area (Å²) in [4.78, 5) is 121. The summed E-state index contributed by atoms with van der Waals surface area (Å²) in [7, 11) is 1.47. The van der Waals surface area contributed by atoms with Gasteiger partial charge in [0.2, 0.25) is 41.6 Å². The quantitative estimate of drug-likeness (QED) is 0.0501. The van der Waals surface area contributed by atoms with Crippen LogP contribution in [-0.4, -0.2) is 232 Å². The number of carbonyl (C=O) groups excluding carboxylic acids is 7. The number of hydrogen-bond acceptors (Lipinski definition) is 30. The number of likely N-dealkylation sites (N-methyl/N-ethyl adjacent to an activating group) is 1. The van der Waals surface area contributed by atoms with Crippen molar-refractivity contribution >= 4 is 70.3 Å². The third-order valence-electron chi connectivity index (χ3n) is 22.4. The Kier molecular flexibility index (Phi) is 30.1. The van der Waals surface area contributed by atoms with Crippen molar-refractivity contribution in [3.63, 3.8) is 0 Å². The molecule has 23 atom stereocenters. The number of carbonyl (C=O) groups is 8. The first kappa shape index (κ1) is 95.5. The van der Waals surface area contributed by atoms with Crippen LogP contribution in [-0.2, 0) is 68.5 Å². The molecule has 14 rings (SSSR count). The van der Waals surface area contributed by atoms with Crippen LogP contribution in [0.2, 0.25) is 10.0 Å². The molecule has 36 nitrogen and oxygen atoms in total. The average Bonchev–Trinajstić information content (AvgIpc) is 0.376. The van der Waals surface area contributed by atoms with E-state index in [4.69, 9.17) is 72.6 Å². The number of aliphatic hydroxyl groups is 8. The third-order valence-corrected chi connectivity index (χ3v) is 23.0. The first-order valence-electron chi connectivity index (χ1n) is 39.4. The number of aromatic hydroxyl groups is 3. The maximum Gasteiger partial charge on any atom is 0.573 e. The van der Waals surface area contributed by atoms with Crippen LogP contribution < -0.4 is 57.0 Å². The smallest absolute Gasteiger partial charge is 0.508 e. The first-order chi connectivity index (χ1) is 58.5. The fraction of sp³-hybridized carbons (Fsp3) is 0.476. The van der Waals surface area contributed by atoms with Gasteiger partial charge >= 0.3 is 12.3 Å². The predicted molar refractivity (Wildman–Crippen MR) is 430 cm³/mol. The normalized spacial score (nSPS) is 29.9. The number of aryl methyl sites for hydroxylation is 1. The molecule has 8 aliphatic rings. The number of nitrogens with one attached hydrogen (secondary N) is 5. The molecule has 2 unspecified atom stereocenters. The Labute approximate surface area is 722 Å². The molecule has 0 saturated carbocycles. The number of rotatable bonds is 20. The summed E-state index contributed by atoms with van der Waals surface area (Å²) in [5.41, 5.74) is 8.62. The summed E-state index contributed by atoms with van der Waals surface area (Å²) >= 11 is 14.5. The van der Waals surface area contributed by atoms with Crippen LogP contribution in [0.15, 0.2) is 103 Å². The molecular weight excluding hydrogens is 1700 g/mol. The number of aliphatic hydroxyl groups excluding tert-OH is 8. The zero-order chi connectivity index (χ0) is 90.2. The van der Waals surface area contributed by atoms with E-state index in [1.165, 1.54) is 45.2 Å². The van der Waals surface area contributed by atoms with Crippen LogP contribution >= 0.6 is 23.2 Å². The molecule has 3 fully saturated rings. The molecule has 0 aliphatic carbocycles. The minimum absolute atomic E-state index is 0. The number of benzene rings is 6. The number of hydrogen-bond donors (Lipinski definition) is 19. The van der Waals surface area contributed by atoms with Crippen LogP contribution in [0.4, 0.5) is 13.2 Å². The van der Waals surface area contributed by atoms with E-state index in [9.17, 15) is 88.8 Å². The molecule has 6 aromatic carbocycles. The second kappa shape index (κ2) is 39.4. The lowest BCUT2D eigenvalue weighted by atomic mass is 9.84. The Morgan fingerprint density at radius 3 is 1.98 bits per heavy atom. The van der Waals surface area contributed by atoms with Gasteiger partial charge in [0, 0.05) is 54.0 Å². The molecule has 678 valence electrons. The van der Waals surface area contributed by atoms with Crippen LogP contribution in [0.3, 0.4) is 0 Å². The summed E-state index contributed by atoms with van der Waals surface area (Å²) < 4.78 is 94.3. The van der Waals surface area contributed by atoms with E-state index in [1.807, 2.05) is 13.8 Å². The second-order valence-corrected chi connectivity index (χ2v) is 32.8. The van der Waals surface area contributed by atoms with Crippen molar-refractivity contribution in [2.45, 2.75) is 227 Å². The Hall–Kier alpha value is -10.2. The summed E-state index contributed by atoms with van der Waals surface area (Å²) in [6, 6.07) is 8.99. The highest BCUT2D eigenvalue weighted by Crippen LogP contribution is 2.51. The van der Waals surface area contributed by atoms with Crippen molar-refractivity contribution in [2.24, 2.45) is 23.3 Å². The minimum atomic E-state index is -5.00. The zero-order valence-electron chi connectivity index (χ0n) is 66.8. The molecule has 11 bridgehead atoms. The number of nitrogens with two attached hydrogens (primary N) is 2. The molecule has 21 N–H and O–H groups in total. The number of aliphatic carboxylic acids is 1. The number of carboxylic acids is 1. The van der Waals surface area contributed by atoms with E-state index in [1.54, 1.807) is 0 Å². The molecule has 6 aromatic rings. The molecule has 41 heteroatoms. The van der Waals surface area contributed by atoms with E-state index < -0.39 is 303 Å². The Morgan fingerprint density at radius 2 is 1.35 bits per heavy atom. The van der Waals surface area contributed by atoms with Crippen molar-refractivity contribution < 1.29 is 155 Å². The molecule has 5 amide bonds. The number of ketones is 2. The third kappa shape index (κ3) is 21.6. The molecule has 3 saturated heterocycles. The van der Waals surface area contributed by atoms with Gasteiger partial charge in [0.25, 0.3) is 0 Å². The predicted octanol–water partition coefficient (Wildman–Crippen LogP) is 4.47. The molecule has 0 radical (unpaired) electrons. The van der Waals surface area contributed by atoms with Crippen molar-refractivity contribution in [3.05, 3.63) is 147 Å².